The molecule has 2 aromatic rings. The van der Waals surface area contributed by atoms with Crippen LogP contribution in [-0.4, -0.2) is 30.8 Å². The number of hydrogen-bond donors (Lipinski definition) is 2. The highest BCUT2D eigenvalue weighted by Gasteiger charge is 2.19. The van der Waals surface area contributed by atoms with Gasteiger partial charge in [0.2, 0.25) is 6.41 Å². The minimum absolute atomic E-state index is 0.0878. The van der Waals surface area contributed by atoms with Crippen LogP contribution < -0.4 is 19.7 Å². The highest BCUT2D eigenvalue weighted by Crippen LogP contribution is 2.34. The number of nitrogens with zero attached hydrogens (tertiary/aromatic N) is 1. The average Bonchev–Trinajstić information content (AvgIpc) is 2.59. The topological polar surface area (TPSA) is 88.1 Å². The first-order valence-electron chi connectivity index (χ1n) is 7.02. The third-order valence-corrected chi connectivity index (χ3v) is 3.63. The number of urea groups is 1. The van der Waals surface area contributed by atoms with Gasteiger partial charge in [-0.05, 0) is 30.3 Å². The van der Waals surface area contributed by atoms with Crippen LogP contribution in [0.5, 0.6) is 17.2 Å². The summed E-state index contributed by atoms with van der Waals surface area (Å²) in [5, 5.41) is 12.0. The van der Waals surface area contributed by atoms with Crippen LogP contribution >= 0.6 is 11.6 Å². The molecule has 0 unspecified atom stereocenters. The van der Waals surface area contributed by atoms with Gasteiger partial charge in [-0.2, -0.15) is 0 Å². The Bertz CT molecular complexity index is 796. The maximum Gasteiger partial charge on any atom is 0.332 e. The van der Waals surface area contributed by atoms with Crippen molar-refractivity contribution in [2.45, 2.75) is 0 Å². The molecule has 3 amide bonds. The van der Waals surface area contributed by atoms with Gasteiger partial charge in [-0.25, -0.2) is 9.69 Å². The summed E-state index contributed by atoms with van der Waals surface area (Å²) in [5.41, 5.74) is 0.670. The smallest absolute Gasteiger partial charge is 0.332 e. The normalized spacial score (nSPS) is 12.4. The number of phenols is 1. The maximum absolute atomic E-state index is 12.3. The zero-order chi connectivity index (χ0) is 17.1. The van der Waals surface area contributed by atoms with Gasteiger partial charge in [-0.1, -0.05) is 11.6 Å². The second-order valence-corrected chi connectivity index (χ2v) is 5.31. The lowest BCUT2D eigenvalue weighted by molar-refractivity contribution is -0.106. The fourth-order valence-corrected chi connectivity index (χ4v) is 2.36. The first kappa shape index (κ1) is 15.9. The Morgan fingerprint density at radius 3 is 2.62 bits per heavy atom. The molecular formula is C16H13ClN2O5. The molecule has 0 fully saturated rings. The molecule has 0 bridgehead atoms. The molecule has 0 aromatic heterocycles. The summed E-state index contributed by atoms with van der Waals surface area (Å²) >= 11 is 5.79. The molecule has 2 aromatic carbocycles. The summed E-state index contributed by atoms with van der Waals surface area (Å²) in [7, 11) is 0. The van der Waals surface area contributed by atoms with Crippen LogP contribution in [-0.2, 0) is 4.79 Å². The van der Waals surface area contributed by atoms with Crippen molar-refractivity contribution >= 4 is 35.4 Å². The number of imide groups is 1. The molecule has 3 rings (SSSR count). The van der Waals surface area contributed by atoms with Crippen LogP contribution in [0.15, 0.2) is 36.4 Å². The van der Waals surface area contributed by atoms with Crippen molar-refractivity contribution in [2.24, 2.45) is 0 Å². The number of anilines is 2. The van der Waals surface area contributed by atoms with E-state index >= 15 is 0 Å². The zero-order valence-corrected chi connectivity index (χ0v) is 13.1. The van der Waals surface area contributed by atoms with Crippen LogP contribution in [0.3, 0.4) is 0 Å². The van der Waals surface area contributed by atoms with E-state index in [0.717, 1.165) is 4.90 Å². The summed E-state index contributed by atoms with van der Waals surface area (Å²) in [6.07, 6.45) is 0.392. The molecule has 0 saturated heterocycles. The zero-order valence-electron chi connectivity index (χ0n) is 12.4. The number of halogens is 1. The first-order valence-corrected chi connectivity index (χ1v) is 7.40. The molecule has 0 radical (unpaired) electrons. The van der Waals surface area contributed by atoms with Gasteiger partial charge in [0.25, 0.3) is 0 Å². The highest BCUT2D eigenvalue weighted by atomic mass is 35.5. The Labute approximate surface area is 142 Å². The lowest BCUT2D eigenvalue weighted by atomic mass is 10.2. The number of phenolic OH excluding ortho intramolecular Hbond substituents is 1. The second-order valence-electron chi connectivity index (χ2n) is 4.90. The molecule has 24 heavy (non-hydrogen) atoms. The monoisotopic (exact) mass is 348 g/mol. The Kier molecular flexibility index (Phi) is 4.43. The van der Waals surface area contributed by atoms with Gasteiger partial charge in [0.1, 0.15) is 19.0 Å². The van der Waals surface area contributed by atoms with Crippen molar-refractivity contribution in [2.75, 3.05) is 23.4 Å². The second kappa shape index (κ2) is 6.67. The van der Waals surface area contributed by atoms with Crippen LogP contribution in [0.25, 0.3) is 0 Å². The fraction of sp³-hybridized carbons (Fsp3) is 0.125. The standard InChI is InChI=1S/C16H13ClN2O5/c17-12-7-10(1-3-13(12)21)18-16(22)19(9-20)11-2-4-14-15(8-11)24-6-5-23-14/h1-4,7-9,21H,5-6H2,(H,18,22). The molecule has 1 heterocycles. The number of benzene rings is 2. The van der Waals surface area contributed by atoms with Gasteiger partial charge in [0.05, 0.1) is 10.7 Å². The van der Waals surface area contributed by atoms with E-state index in [1.807, 2.05) is 0 Å². The van der Waals surface area contributed by atoms with E-state index in [0.29, 0.717) is 42.5 Å². The Balaban J connectivity index is 1.81. The molecule has 0 aliphatic carbocycles. The van der Waals surface area contributed by atoms with Crippen molar-refractivity contribution in [1.29, 1.82) is 0 Å². The Morgan fingerprint density at radius 2 is 1.92 bits per heavy atom. The summed E-state index contributed by atoms with van der Waals surface area (Å²) in [6.45, 7) is 0.849. The van der Waals surface area contributed by atoms with Gasteiger partial charge >= 0.3 is 6.03 Å². The summed E-state index contributed by atoms with van der Waals surface area (Å²) in [4.78, 5) is 24.6. The Morgan fingerprint density at radius 1 is 1.17 bits per heavy atom. The SMILES string of the molecule is O=CN(C(=O)Nc1ccc(O)c(Cl)c1)c1ccc2c(c1)OCCO2. The minimum atomic E-state index is -0.677. The number of aromatic hydroxyl groups is 1. The summed E-state index contributed by atoms with van der Waals surface area (Å²) < 4.78 is 10.8. The van der Waals surface area contributed by atoms with Crippen LogP contribution in [0, 0.1) is 0 Å². The number of fused-ring (bicyclic) bond motifs is 1. The number of ether oxygens (including phenoxy) is 2. The van der Waals surface area contributed by atoms with Crippen LogP contribution in [0.1, 0.15) is 0 Å². The van der Waals surface area contributed by atoms with Gasteiger partial charge < -0.3 is 19.9 Å². The molecule has 7 nitrogen and oxygen atoms in total. The molecule has 1 aliphatic heterocycles. The van der Waals surface area contributed by atoms with Crippen molar-refractivity contribution < 1.29 is 24.2 Å². The number of amides is 3. The van der Waals surface area contributed by atoms with E-state index in [1.165, 1.54) is 18.2 Å². The largest absolute Gasteiger partial charge is 0.506 e. The third-order valence-electron chi connectivity index (χ3n) is 3.33. The van der Waals surface area contributed by atoms with Gasteiger partial charge in [-0.15, -0.1) is 0 Å². The van der Waals surface area contributed by atoms with Crippen molar-refractivity contribution in [3.05, 3.63) is 41.4 Å². The number of carbonyl (C=O) groups excluding carboxylic acids is 2. The fourth-order valence-electron chi connectivity index (χ4n) is 2.18. The van der Waals surface area contributed by atoms with Crippen LogP contribution in [0.4, 0.5) is 16.2 Å². The quantitative estimate of drug-likeness (QED) is 0.657. The third kappa shape index (κ3) is 3.21. The molecule has 8 heteroatoms. The molecule has 1 aliphatic rings. The molecule has 0 atom stereocenters. The summed E-state index contributed by atoms with van der Waals surface area (Å²) in [6, 6.07) is 8.26. The number of nitrogens with one attached hydrogen (secondary N) is 1. The first-order chi connectivity index (χ1) is 11.6. The van der Waals surface area contributed by atoms with E-state index in [4.69, 9.17) is 21.1 Å². The van der Waals surface area contributed by atoms with E-state index in [1.54, 1.807) is 18.2 Å². The van der Waals surface area contributed by atoms with E-state index < -0.39 is 6.03 Å². The van der Waals surface area contributed by atoms with E-state index in [2.05, 4.69) is 5.32 Å². The van der Waals surface area contributed by atoms with Gasteiger partial charge in [0.15, 0.2) is 11.5 Å². The molecule has 124 valence electrons. The van der Waals surface area contributed by atoms with Crippen LogP contribution in [0.2, 0.25) is 5.02 Å². The summed E-state index contributed by atoms with van der Waals surface area (Å²) in [5.74, 6) is 0.918. The molecule has 0 saturated carbocycles. The average molecular weight is 349 g/mol. The molecule has 2 N–H and O–H groups in total. The van der Waals surface area contributed by atoms with Gasteiger partial charge in [0, 0.05) is 11.8 Å². The van der Waals surface area contributed by atoms with E-state index in [9.17, 15) is 14.7 Å². The van der Waals surface area contributed by atoms with Crippen molar-refractivity contribution in [3.8, 4) is 17.2 Å². The van der Waals surface area contributed by atoms with Gasteiger partial charge in [-0.3, -0.25) is 4.79 Å². The van der Waals surface area contributed by atoms with Crippen molar-refractivity contribution in [3.63, 3.8) is 0 Å². The number of hydrogen-bond acceptors (Lipinski definition) is 5. The predicted molar refractivity (Wildman–Crippen MR) is 88.1 cm³/mol. The molecule has 0 spiro atoms. The maximum atomic E-state index is 12.3. The van der Waals surface area contributed by atoms with E-state index in [-0.39, 0.29) is 10.8 Å². The van der Waals surface area contributed by atoms with Crippen molar-refractivity contribution in [1.82, 2.24) is 0 Å². The number of rotatable bonds is 3. The Hall–Kier alpha value is -2.93. The number of carbonyl (C=O) groups is 2. The lowest BCUT2D eigenvalue weighted by Gasteiger charge is -2.21. The minimum Gasteiger partial charge on any atom is -0.506 e. The molecular weight excluding hydrogens is 336 g/mol. The predicted octanol–water partition coefficient (Wildman–Crippen LogP) is 3.01. The highest BCUT2D eigenvalue weighted by molar-refractivity contribution is 6.32. The lowest BCUT2D eigenvalue weighted by Crippen LogP contribution is -2.33.